The van der Waals surface area contributed by atoms with Crippen molar-refractivity contribution in [3.8, 4) is 11.5 Å². The van der Waals surface area contributed by atoms with Crippen molar-refractivity contribution >= 4 is 29.1 Å². The fourth-order valence-corrected chi connectivity index (χ4v) is 3.88. The van der Waals surface area contributed by atoms with Crippen molar-refractivity contribution < 1.29 is 28.9 Å². The minimum absolute atomic E-state index is 0.0460. The maximum atomic E-state index is 13.1. The van der Waals surface area contributed by atoms with Crippen LogP contribution in [0.2, 0.25) is 5.02 Å². The number of amides is 1. The van der Waals surface area contributed by atoms with E-state index in [1.54, 1.807) is 42.5 Å². The van der Waals surface area contributed by atoms with E-state index in [4.69, 9.17) is 25.8 Å². The molecule has 1 N–H and O–H groups in total. The Morgan fingerprint density at radius 3 is 2.41 bits per heavy atom. The summed E-state index contributed by atoms with van der Waals surface area (Å²) in [5.74, 6) is -0.780. The summed E-state index contributed by atoms with van der Waals surface area (Å²) >= 11 is 6.33. The number of rotatable bonds is 9. The van der Waals surface area contributed by atoms with Crippen molar-refractivity contribution in [3.63, 3.8) is 0 Å². The molecule has 8 heteroatoms. The number of ketones is 1. The standard InChI is InChI=1S/C24H26ClNO6/c1-4-31-16-8-6-7-15(13-16)21-20(23(28)24(29)26(21)11-12-30-3)22(27)18-14-17(32-5-2)9-10-19(18)25/h6-10,13-14,21,27H,4-5,11-12H2,1-3H3/b22-20+. The van der Waals surface area contributed by atoms with Crippen LogP contribution in [-0.4, -0.2) is 55.2 Å². The first-order chi connectivity index (χ1) is 15.4. The van der Waals surface area contributed by atoms with E-state index in [0.717, 1.165) is 0 Å². The molecule has 2 aromatic carbocycles. The van der Waals surface area contributed by atoms with Crippen LogP contribution < -0.4 is 9.47 Å². The van der Waals surface area contributed by atoms with Crippen LogP contribution in [0.4, 0.5) is 0 Å². The third-order valence-electron chi connectivity index (χ3n) is 5.07. The van der Waals surface area contributed by atoms with E-state index in [1.807, 2.05) is 13.8 Å². The second-order valence-corrected chi connectivity index (χ2v) is 7.47. The average molecular weight is 460 g/mol. The van der Waals surface area contributed by atoms with Gasteiger partial charge in [0, 0.05) is 19.2 Å². The Kier molecular flexibility index (Phi) is 7.77. The first kappa shape index (κ1) is 23.6. The monoisotopic (exact) mass is 459 g/mol. The Labute approximate surface area is 192 Å². The number of carbonyl (C=O) groups is 2. The van der Waals surface area contributed by atoms with Gasteiger partial charge in [0.1, 0.15) is 17.3 Å². The minimum atomic E-state index is -0.822. The molecule has 32 heavy (non-hydrogen) atoms. The Balaban J connectivity index is 2.19. The van der Waals surface area contributed by atoms with Crippen LogP contribution in [0, 0.1) is 0 Å². The summed E-state index contributed by atoms with van der Waals surface area (Å²) in [5, 5.41) is 11.4. The summed E-state index contributed by atoms with van der Waals surface area (Å²) in [4.78, 5) is 27.3. The van der Waals surface area contributed by atoms with Crippen molar-refractivity contribution in [2.24, 2.45) is 0 Å². The van der Waals surface area contributed by atoms with Gasteiger partial charge in [0.25, 0.3) is 11.7 Å². The van der Waals surface area contributed by atoms with Crippen LogP contribution in [0.1, 0.15) is 31.0 Å². The highest BCUT2D eigenvalue weighted by Gasteiger charge is 2.46. The van der Waals surface area contributed by atoms with E-state index in [2.05, 4.69) is 0 Å². The van der Waals surface area contributed by atoms with E-state index >= 15 is 0 Å². The average Bonchev–Trinajstić information content (AvgIpc) is 3.04. The SMILES string of the molecule is CCOc1cccc(C2/C(=C(\O)c3cc(OCC)ccc3Cl)C(=O)C(=O)N2CCOC)c1. The molecule has 1 aliphatic heterocycles. The summed E-state index contributed by atoms with van der Waals surface area (Å²) in [7, 11) is 1.51. The molecule has 1 fully saturated rings. The highest BCUT2D eigenvalue weighted by Crippen LogP contribution is 2.41. The molecule has 0 aliphatic carbocycles. The smallest absolute Gasteiger partial charge is 0.295 e. The predicted molar refractivity (Wildman–Crippen MR) is 121 cm³/mol. The lowest BCUT2D eigenvalue weighted by atomic mass is 9.95. The zero-order chi connectivity index (χ0) is 23.3. The summed E-state index contributed by atoms with van der Waals surface area (Å²) in [5.41, 5.74) is 0.800. The van der Waals surface area contributed by atoms with Gasteiger partial charge in [0.15, 0.2) is 0 Å². The van der Waals surface area contributed by atoms with Gasteiger partial charge in [-0.2, -0.15) is 0 Å². The number of hydrogen-bond acceptors (Lipinski definition) is 6. The molecule has 1 aliphatic rings. The zero-order valence-electron chi connectivity index (χ0n) is 18.3. The molecular weight excluding hydrogens is 434 g/mol. The number of benzene rings is 2. The first-order valence-corrected chi connectivity index (χ1v) is 10.7. The molecule has 0 saturated carbocycles. The minimum Gasteiger partial charge on any atom is -0.507 e. The lowest BCUT2D eigenvalue weighted by Crippen LogP contribution is -2.32. The molecule has 1 amide bonds. The molecule has 1 heterocycles. The van der Waals surface area contributed by atoms with Crippen molar-refractivity contribution in [2.45, 2.75) is 19.9 Å². The quantitative estimate of drug-likeness (QED) is 0.343. The topological polar surface area (TPSA) is 85.3 Å². The normalized spacial score (nSPS) is 17.6. The second kappa shape index (κ2) is 10.5. The molecular formula is C24H26ClNO6. The largest absolute Gasteiger partial charge is 0.507 e. The number of carbonyl (C=O) groups excluding carboxylic acids is 2. The van der Waals surface area contributed by atoms with Crippen molar-refractivity contribution in [3.05, 3.63) is 64.2 Å². The molecule has 0 radical (unpaired) electrons. The van der Waals surface area contributed by atoms with E-state index in [0.29, 0.717) is 30.3 Å². The Morgan fingerprint density at radius 2 is 1.75 bits per heavy atom. The van der Waals surface area contributed by atoms with Gasteiger partial charge in [0.2, 0.25) is 0 Å². The van der Waals surface area contributed by atoms with E-state index in [9.17, 15) is 14.7 Å². The number of halogens is 1. The zero-order valence-corrected chi connectivity index (χ0v) is 19.0. The number of hydrogen-bond donors (Lipinski definition) is 1. The molecule has 7 nitrogen and oxygen atoms in total. The lowest BCUT2D eigenvalue weighted by Gasteiger charge is -2.25. The molecule has 0 aromatic heterocycles. The summed E-state index contributed by atoms with van der Waals surface area (Å²) in [6, 6.07) is 11.1. The van der Waals surface area contributed by atoms with Crippen molar-refractivity contribution in [1.82, 2.24) is 4.90 Å². The van der Waals surface area contributed by atoms with Crippen molar-refractivity contribution in [2.75, 3.05) is 33.5 Å². The van der Waals surface area contributed by atoms with Crippen LogP contribution >= 0.6 is 11.6 Å². The van der Waals surface area contributed by atoms with Gasteiger partial charge < -0.3 is 24.2 Å². The highest BCUT2D eigenvalue weighted by molar-refractivity contribution is 6.47. The number of likely N-dealkylation sites (tertiary alicyclic amines) is 1. The number of methoxy groups -OCH3 is 1. The van der Waals surface area contributed by atoms with Crippen LogP contribution in [-0.2, 0) is 14.3 Å². The van der Waals surface area contributed by atoms with Crippen LogP contribution in [0.5, 0.6) is 11.5 Å². The predicted octanol–water partition coefficient (Wildman–Crippen LogP) is 4.21. The van der Waals surface area contributed by atoms with Gasteiger partial charge in [-0.1, -0.05) is 23.7 Å². The lowest BCUT2D eigenvalue weighted by molar-refractivity contribution is -0.140. The van der Waals surface area contributed by atoms with E-state index in [1.165, 1.54) is 12.0 Å². The Hall–Kier alpha value is -3.03. The molecule has 2 aromatic rings. The third-order valence-corrected chi connectivity index (χ3v) is 5.39. The van der Waals surface area contributed by atoms with Gasteiger partial charge in [-0.05, 0) is 49.7 Å². The van der Waals surface area contributed by atoms with Gasteiger partial charge in [-0.3, -0.25) is 9.59 Å². The molecule has 1 atom stereocenters. The van der Waals surface area contributed by atoms with Crippen LogP contribution in [0.25, 0.3) is 5.76 Å². The fourth-order valence-electron chi connectivity index (χ4n) is 3.68. The molecule has 1 saturated heterocycles. The Morgan fingerprint density at radius 1 is 1.06 bits per heavy atom. The van der Waals surface area contributed by atoms with Crippen LogP contribution in [0.15, 0.2) is 48.0 Å². The Bertz CT molecular complexity index is 1030. The number of aliphatic hydroxyl groups is 1. The highest BCUT2D eigenvalue weighted by atomic mass is 35.5. The first-order valence-electron chi connectivity index (χ1n) is 10.4. The van der Waals surface area contributed by atoms with Gasteiger partial charge in [-0.15, -0.1) is 0 Å². The van der Waals surface area contributed by atoms with Crippen LogP contribution in [0.3, 0.4) is 0 Å². The summed E-state index contributed by atoms with van der Waals surface area (Å²) in [6.07, 6.45) is 0. The van der Waals surface area contributed by atoms with Gasteiger partial charge in [-0.25, -0.2) is 0 Å². The van der Waals surface area contributed by atoms with Crippen molar-refractivity contribution in [1.29, 1.82) is 0 Å². The molecule has 170 valence electrons. The molecule has 0 spiro atoms. The fraction of sp³-hybridized carbons (Fsp3) is 0.333. The number of nitrogens with zero attached hydrogens (tertiary/aromatic N) is 1. The van der Waals surface area contributed by atoms with Gasteiger partial charge in [0.05, 0.1) is 36.5 Å². The van der Waals surface area contributed by atoms with E-state index < -0.39 is 17.7 Å². The molecule has 0 bridgehead atoms. The number of ether oxygens (including phenoxy) is 3. The maximum Gasteiger partial charge on any atom is 0.295 e. The third kappa shape index (κ3) is 4.74. The molecule has 3 rings (SSSR count). The van der Waals surface area contributed by atoms with E-state index in [-0.39, 0.29) is 35.1 Å². The molecule has 1 unspecified atom stereocenters. The second-order valence-electron chi connectivity index (χ2n) is 7.07. The van der Waals surface area contributed by atoms with Gasteiger partial charge >= 0.3 is 0 Å². The number of aliphatic hydroxyl groups excluding tert-OH is 1. The summed E-state index contributed by atoms with van der Waals surface area (Å²) in [6.45, 7) is 5.00. The summed E-state index contributed by atoms with van der Waals surface area (Å²) < 4.78 is 16.2. The number of Topliss-reactive ketones (excluding diaryl/α,β-unsaturated/α-hetero) is 1. The maximum absolute atomic E-state index is 13.1.